The molecule has 0 bridgehead atoms. The highest BCUT2D eigenvalue weighted by Gasteiger charge is 2.43. The van der Waals surface area contributed by atoms with Gasteiger partial charge in [0.2, 0.25) is 5.76 Å². The Hall–Kier alpha value is -5.16. The molecule has 11 heteroatoms. The van der Waals surface area contributed by atoms with Crippen molar-refractivity contribution in [2.24, 2.45) is 0 Å². The maximum Gasteiger partial charge on any atom is 0.289 e. The molecule has 1 fully saturated rings. The number of ether oxygens (including phenoxy) is 2. The third kappa shape index (κ3) is 6.44. The number of nitrogens with zero attached hydrogens (tertiary/aromatic N) is 4. The summed E-state index contributed by atoms with van der Waals surface area (Å²) in [6, 6.07) is 22.6. The highest BCUT2D eigenvalue weighted by atomic mass is 16.5. The number of benzene rings is 3. The Bertz CT molecular complexity index is 1720. The molecule has 2 aliphatic rings. The van der Waals surface area contributed by atoms with Gasteiger partial charge in [-0.15, -0.1) is 0 Å². The summed E-state index contributed by atoms with van der Waals surface area (Å²) in [7, 11) is 3.10. The van der Waals surface area contributed by atoms with Crippen LogP contribution in [0, 0.1) is 0 Å². The SMILES string of the molecule is COc1ccc([C@@H](CCCNC(=O)c2ccno2)N2C(=O)c3cccc(N4CCN([C@H](C)c5ccccc5)CC4)c3C2=O)cc1OC. The Kier molecular flexibility index (Phi) is 9.53. The first kappa shape index (κ1) is 31.8. The van der Waals surface area contributed by atoms with E-state index < -0.39 is 6.04 Å². The number of nitrogens with one attached hydrogen (secondary N) is 1. The predicted molar refractivity (Wildman–Crippen MR) is 176 cm³/mol. The second-order valence-electron chi connectivity index (χ2n) is 11.7. The van der Waals surface area contributed by atoms with Gasteiger partial charge in [0.05, 0.1) is 43.3 Å². The standard InChI is InChI=1S/C36H39N5O6/c1-24(25-9-5-4-6-10-25)39-19-21-40(22-20-39)29-12-7-11-27-33(29)36(44)41(35(27)43)28(26-14-15-30(45-2)32(23-26)46-3)13-8-17-37-34(42)31-16-18-38-47-31/h4-7,9-12,14-16,18,23-24,28H,8,13,17,19-22H2,1-3H3,(H,37,42)/t24-,28-/m1/s1. The maximum absolute atomic E-state index is 14.3. The fourth-order valence-electron chi connectivity index (χ4n) is 6.55. The molecule has 3 amide bonds. The van der Waals surface area contributed by atoms with Crippen molar-refractivity contribution in [1.82, 2.24) is 20.3 Å². The van der Waals surface area contributed by atoms with Crippen molar-refractivity contribution in [3.8, 4) is 11.5 Å². The van der Waals surface area contributed by atoms with E-state index in [0.717, 1.165) is 37.4 Å². The molecule has 0 aliphatic carbocycles. The molecule has 1 saturated heterocycles. The van der Waals surface area contributed by atoms with Crippen LogP contribution in [-0.2, 0) is 0 Å². The number of hydrogen-bond acceptors (Lipinski definition) is 9. The molecule has 3 heterocycles. The molecule has 0 spiro atoms. The van der Waals surface area contributed by atoms with Crippen LogP contribution < -0.4 is 19.7 Å². The van der Waals surface area contributed by atoms with Gasteiger partial charge >= 0.3 is 0 Å². The van der Waals surface area contributed by atoms with Crippen molar-refractivity contribution in [3.05, 3.63) is 107 Å². The minimum Gasteiger partial charge on any atom is -0.493 e. The fourth-order valence-corrected chi connectivity index (χ4v) is 6.55. The van der Waals surface area contributed by atoms with Gasteiger partial charge < -0.3 is 24.2 Å². The second kappa shape index (κ2) is 14.1. The first-order valence-electron chi connectivity index (χ1n) is 15.9. The van der Waals surface area contributed by atoms with E-state index in [2.05, 4.69) is 51.5 Å². The zero-order valence-corrected chi connectivity index (χ0v) is 26.8. The summed E-state index contributed by atoms with van der Waals surface area (Å²) in [6.45, 7) is 5.67. The van der Waals surface area contributed by atoms with Gasteiger partial charge in [-0.05, 0) is 55.2 Å². The van der Waals surface area contributed by atoms with Gasteiger partial charge in [-0.3, -0.25) is 24.2 Å². The number of rotatable bonds is 12. The van der Waals surface area contributed by atoms with E-state index >= 15 is 0 Å². The van der Waals surface area contributed by atoms with Gasteiger partial charge in [0.25, 0.3) is 17.7 Å². The zero-order chi connectivity index (χ0) is 32.9. The Labute approximate surface area is 274 Å². The van der Waals surface area contributed by atoms with Crippen molar-refractivity contribution in [3.63, 3.8) is 0 Å². The van der Waals surface area contributed by atoms with Crippen molar-refractivity contribution in [2.45, 2.75) is 31.8 Å². The fraction of sp³-hybridized carbons (Fsp3) is 0.333. The Morgan fingerprint density at radius 1 is 0.894 bits per heavy atom. The summed E-state index contributed by atoms with van der Waals surface area (Å²) in [4.78, 5) is 46.8. The molecule has 1 N–H and O–H groups in total. The number of aromatic nitrogens is 1. The normalized spacial score (nSPS) is 16.1. The van der Waals surface area contributed by atoms with Gasteiger partial charge in [-0.1, -0.05) is 47.6 Å². The van der Waals surface area contributed by atoms with Crippen molar-refractivity contribution in [2.75, 3.05) is 51.8 Å². The van der Waals surface area contributed by atoms with Crippen LogP contribution in [0.15, 0.2) is 83.5 Å². The molecule has 11 nitrogen and oxygen atoms in total. The molecular weight excluding hydrogens is 598 g/mol. The molecule has 6 rings (SSSR count). The number of anilines is 1. The van der Waals surface area contributed by atoms with Crippen molar-refractivity contribution >= 4 is 23.4 Å². The van der Waals surface area contributed by atoms with E-state index in [1.165, 1.54) is 22.7 Å². The molecule has 2 atom stereocenters. The Morgan fingerprint density at radius 3 is 2.36 bits per heavy atom. The van der Waals surface area contributed by atoms with E-state index in [1.54, 1.807) is 32.4 Å². The molecule has 0 saturated carbocycles. The van der Waals surface area contributed by atoms with Crippen molar-refractivity contribution < 1.29 is 28.4 Å². The van der Waals surface area contributed by atoms with Crippen LogP contribution in [0.1, 0.15) is 74.2 Å². The van der Waals surface area contributed by atoms with Crippen LogP contribution in [0.3, 0.4) is 0 Å². The number of carbonyl (C=O) groups is 3. The molecule has 0 unspecified atom stereocenters. The van der Waals surface area contributed by atoms with Crippen LogP contribution in [0.25, 0.3) is 0 Å². The quantitative estimate of drug-likeness (QED) is 0.167. The number of imide groups is 1. The van der Waals surface area contributed by atoms with Gasteiger partial charge in [-0.2, -0.15) is 0 Å². The lowest BCUT2D eigenvalue weighted by Crippen LogP contribution is -2.47. The summed E-state index contributed by atoms with van der Waals surface area (Å²) in [5, 5.41) is 6.40. The van der Waals surface area contributed by atoms with Gasteiger partial charge in [0, 0.05) is 44.8 Å². The number of fused-ring (bicyclic) bond motifs is 1. The van der Waals surface area contributed by atoms with Crippen molar-refractivity contribution in [1.29, 1.82) is 0 Å². The summed E-state index contributed by atoms with van der Waals surface area (Å²) >= 11 is 0. The van der Waals surface area contributed by atoms with E-state index in [-0.39, 0.29) is 29.5 Å². The van der Waals surface area contributed by atoms with Gasteiger partial charge in [0.1, 0.15) is 0 Å². The topological polar surface area (TPSA) is 117 Å². The lowest BCUT2D eigenvalue weighted by atomic mass is 9.99. The van der Waals surface area contributed by atoms with Crippen LogP contribution in [0.5, 0.6) is 11.5 Å². The minimum absolute atomic E-state index is 0.115. The third-order valence-electron chi connectivity index (χ3n) is 9.11. The molecule has 3 aromatic carbocycles. The Morgan fingerprint density at radius 2 is 1.66 bits per heavy atom. The van der Waals surface area contributed by atoms with Crippen LogP contribution >= 0.6 is 0 Å². The monoisotopic (exact) mass is 637 g/mol. The number of hydrogen-bond donors (Lipinski definition) is 1. The van der Waals surface area contributed by atoms with Crippen LogP contribution in [-0.4, -0.2) is 79.6 Å². The number of methoxy groups -OCH3 is 2. The molecule has 0 radical (unpaired) electrons. The molecule has 4 aromatic rings. The van der Waals surface area contributed by atoms with E-state index in [4.69, 9.17) is 14.0 Å². The summed E-state index contributed by atoms with van der Waals surface area (Å²) in [5.41, 5.74) is 3.61. The molecule has 2 aliphatic heterocycles. The van der Waals surface area contributed by atoms with Crippen LogP contribution in [0.2, 0.25) is 0 Å². The van der Waals surface area contributed by atoms with Crippen LogP contribution in [0.4, 0.5) is 5.69 Å². The first-order chi connectivity index (χ1) is 22.9. The average Bonchev–Trinajstić information content (AvgIpc) is 3.75. The lowest BCUT2D eigenvalue weighted by molar-refractivity contribution is 0.0570. The third-order valence-corrected chi connectivity index (χ3v) is 9.11. The first-order valence-corrected chi connectivity index (χ1v) is 15.9. The Balaban J connectivity index is 1.23. The van der Waals surface area contributed by atoms with Gasteiger partial charge in [-0.25, -0.2) is 0 Å². The van der Waals surface area contributed by atoms with E-state index in [1.807, 2.05) is 24.3 Å². The maximum atomic E-state index is 14.3. The smallest absolute Gasteiger partial charge is 0.289 e. The molecular formula is C36H39N5O6. The van der Waals surface area contributed by atoms with E-state index in [9.17, 15) is 14.4 Å². The largest absolute Gasteiger partial charge is 0.493 e. The predicted octanol–water partition coefficient (Wildman–Crippen LogP) is 5.12. The summed E-state index contributed by atoms with van der Waals surface area (Å²) in [6.07, 6.45) is 2.30. The summed E-state index contributed by atoms with van der Waals surface area (Å²) in [5.74, 6) is 0.103. The lowest BCUT2D eigenvalue weighted by Gasteiger charge is -2.39. The highest BCUT2D eigenvalue weighted by Crippen LogP contribution is 2.40. The average molecular weight is 638 g/mol. The zero-order valence-electron chi connectivity index (χ0n) is 26.8. The van der Waals surface area contributed by atoms with Gasteiger partial charge in [0.15, 0.2) is 11.5 Å². The number of amides is 3. The molecule has 244 valence electrons. The number of carbonyl (C=O) groups excluding carboxylic acids is 3. The molecule has 47 heavy (non-hydrogen) atoms. The summed E-state index contributed by atoms with van der Waals surface area (Å²) < 4.78 is 15.9. The van der Waals surface area contributed by atoms with E-state index in [0.29, 0.717) is 42.0 Å². The molecule has 1 aromatic heterocycles. The minimum atomic E-state index is -0.610. The second-order valence-corrected chi connectivity index (χ2v) is 11.7. The highest BCUT2D eigenvalue weighted by molar-refractivity contribution is 6.24. The number of piperazine rings is 1.